The first-order chi connectivity index (χ1) is 8.29. The summed E-state index contributed by atoms with van der Waals surface area (Å²) in [4.78, 5) is 13.4. The summed E-state index contributed by atoms with van der Waals surface area (Å²) in [6.07, 6.45) is 0. The zero-order valence-electron chi connectivity index (χ0n) is 9.96. The molecule has 1 heterocycles. The molecule has 1 aliphatic rings. The van der Waals surface area contributed by atoms with E-state index in [9.17, 15) is 4.79 Å². The van der Waals surface area contributed by atoms with Crippen LogP contribution in [-0.4, -0.2) is 35.9 Å². The first-order valence-electron chi connectivity index (χ1n) is 5.85. The Hall–Kier alpha value is -1.00. The highest BCUT2D eigenvalue weighted by molar-refractivity contribution is 7.99. The number of thioether (sulfide) groups is 1. The monoisotopic (exact) mass is 251 g/mol. The van der Waals surface area contributed by atoms with E-state index in [1.54, 1.807) is 0 Å². The van der Waals surface area contributed by atoms with Gasteiger partial charge in [0.05, 0.1) is 18.5 Å². The predicted octanol–water partition coefficient (Wildman–Crippen LogP) is 2.12. The quantitative estimate of drug-likeness (QED) is 0.572. The number of hydrogen-bond donors (Lipinski definition) is 0. The summed E-state index contributed by atoms with van der Waals surface area (Å²) in [6.45, 7) is 3.73. The molecule has 1 fully saturated rings. The molecule has 0 saturated carbocycles. The van der Waals surface area contributed by atoms with Gasteiger partial charge >= 0.3 is 5.97 Å². The number of nitrogens with zero attached hydrogens (tertiary/aromatic N) is 1. The maximum atomic E-state index is 11.2. The van der Waals surface area contributed by atoms with Gasteiger partial charge in [-0.15, -0.1) is 11.8 Å². The molecule has 2 unspecified atom stereocenters. The Morgan fingerprint density at radius 1 is 1.47 bits per heavy atom. The molecule has 0 radical (unpaired) electrons. The van der Waals surface area contributed by atoms with Crippen molar-refractivity contribution in [1.82, 2.24) is 4.90 Å². The highest BCUT2D eigenvalue weighted by atomic mass is 32.2. The van der Waals surface area contributed by atoms with Crippen LogP contribution < -0.4 is 0 Å². The third-order valence-corrected chi connectivity index (χ3v) is 3.92. The van der Waals surface area contributed by atoms with Crippen molar-refractivity contribution in [3.8, 4) is 0 Å². The molecule has 0 aliphatic carbocycles. The van der Waals surface area contributed by atoms with E-state index in [1.165, 1.54) is 5.56 Å². The fourth-order valence-corrected chi connectivity index (χ4v) is 2.78. The van der Waals surface area contributed by atoms with Crippen molar-refractivity contribution in [3.63, 3.8) is 0 Å². The fraction of sp³-hybridized carbons (Fsp3) is 0.462. The molecule has 17 heavy (non-hydrogen) atoms. The maximum absolute atomic E-state index is 11.2. The van der Waals surface area contributed by atoms with Gasteiger partial charge in [0.2, 0.25) is 0 Å². The minimum atomic E-state index is -0.115. The van der Waals surface area contributed by atoms with E-state index in [1.807, 2.05) is 24.8 Å². The first-order valence-corrected chi connectivity index (χ1v) is 6.89. The van der Waals surface area contributed by atoms with Gasteiger partial charge in [0.1, 0.15) is 0 Å². The number of esters is 1. The largest absolute Gasteiger partial charge is 0.465 e. The molecular weight excluding hydrogens is 234 g/mol. The summed E-state index contributed by atoms with van der Waals surface area (Å²) in [6, 6.07) is 10.4. The summed E-state index contributed by atoms with van der Waals surface area (Å²) >= 11 is 1.88. The highest BCUT2D eigenvalue weighted by Gasteiger charge is 2.35. The summed E-state index contributed by atoms with van der Waals surface area (Å²) in [7, 11) is 0. The highest BCUT2D eigenvalue weighted by Crippen LogP contribution is 2.31. The third-order valence-electron chi connectivity index (χ3n) is 2.59. The lowest BCUT2D eigenvalue weighted by molar-refractivity contribution is -0.143. The molecule has 1 aliphatic heterocycles. The summed E-state index contributed by atoms with van der Waals surface area (Å²) in [5.41, 5.74) is 1.33. The lowest BCUT2D eigenvalue weighted by Crippen LogP contribution is -2.17. The Morgan fingerprint density at radius 3 is 2.94 bits per heavy atom. The number of carbonyl (C=O) groups excluding carboxylic acids is 1. The molecule has 4 heteroatoms. The van der Waals surface area contributed by atoms with Crippen LogP contribution in [0.25, 0.3) is 0 Å². The molecule has 1 aromatic carbocycles. The standard InChI is InChI=1S/C13H17NO2S/c1-2-16-13(15)9-14-8-12(14)17-10-11-6-4-3-5-7-11/h3-7,12H,2,8-10H2,1H3. The fourth-order valence-electron chi connectivity index (χ4n) is 1.62. The van der Waals surface area contributed by atoms with Crippen molar-refractivity contribution in [2.45, 2.75) is 18.1 Å². The van der Waals surface area contributed by atoms with Crippen LogP contribution in [0.3, 0.4) is 0 Å². The van der Waals surface area contributed by atoms with Crippen LogP contribution in [0.5, 0.6) is 0 Å². The van der Waals surface area contributed by atoms with Gasteiger partial charge in [0.15, 0.2) is 0 Å². The Labute approximate surface area is 106 Å². The van der Waals surface area contributed by atoms with Crippen LogP contribution in [0.2, 0.25) is 0 Å². The van der Waals surface area contributed by atoms with Crippen LogP contribution in [-0.2, 0) is 15.3 Å². The maximum Gasteiger partial charge on any atom is 0.320 e. The van der Waals surface area contributed by atoms with Crippen molar-refractivity contribution < 1.29 is 9.53 Å². The zero-order chi connectivity index (χ0) is 12.1. The molecule has 0 spiro atoms. The van der Waals surface area contributed by atoms with E-state index in [0.717, 1.165) is 12.3 Å². The zero-order valence-corrected chi connectivity index (χ0v) is 10.8. The molecule has 92 valence electrons. The second-order valence-electron chi connectivity index (χ2n) is 3.99. The lowest BCUT2D eigenvalue weighted by Gasteiger charge is -2.04. The van der Waals surface area contributed by atoms with E-state index in [2.05, 4.69) is 29.2 Å². The molecule has 0 bridgehead atoms. The van der Waals surface area contributed by atoms with Gasteiger partial charge in [-0.2, -0.15) is 0 Å². The van der Waals surface area contributed by atoms with Gasteiger partial charge in [-0.1, -0.05) is 30.3 Å². The van der Waals surface area contributed by atoms with Gasteiger partial charge in [-0.3, -0.25) is 9.69 Å². The average molecular weight is 251 g/mol. The second-order valence-corrected chi connectivity index (χ2v) is 5.15. The van der Waals surface area contributed by atoms with E-state index in [0.29, 0.717) is 18.5 Å². The van der Waals surface area contributed by atoms with Crippen molar-refractivity contribution in [2.24, 2.45) is 0 Å². The summed E-state index contributed by atoms with van der Waals surface area (Å²) in [5, 5.41) is 0.486. The molecule has 0 N–H and O–H groups in total. The van der Waals surface area contributed by atoms with E-state index in [4.69, 9.17) is 4.74 Å². The SMILES string of the molecule is CCOC(=O)CN1CC1SCc1ccccc1. The van der Waals surface area contributed by atoms with Crippen molar-refractivity contribution in [2.75, 3.05) is 19.7 Å². The Bertz CT molecular complexity index is 369. The Balaban J connectivity index is 1.65. The molecule has 1 aromatic rings. The number of benzene rings is 1. The summed E-state index contributed by atoms with van der Waals surface area (Å²) in [5.74, 6) is 0.889. The van der Waals surface area contributed by atoms with Crippen LogP contribution in [0.1, 0.15) is 12.5 Å². The van der Waals surface area contributed by atoms with Gasteiger partial charge in [-0.25, -0.2) is 0 Å². The normalized spacial score (nSPS) is 22.2. The Morgan fingerprint density at radius 2 is 2.24 bits per heavy atom. The molecular formula is C13H17NO2S. The minimum absolute atomic E-state index is 0.115. The summed E-state index contributed by atoms with van der Waals surface area (Å²) < 4.78 is 4.91. The van der Waals surface area contributed by atoms with E-state index in [-0.39, 0.29) is 5.97 Å². The molecule has 1 saturated heterocycles. The van der Waals surface area contributed by atoms with Gasteiger partial charge < -0.3 is 4.74 Å². The smallest absolute Gasteiger partial charge is 0.320 e. The number of hydrogen-bond acceptors (Lipinski definition) is 4. The third kappa shape index (κ3) is 4.06. The molecule has 2 rings (SSSR count). The van der Waals surface area contributed by atoms with Crippen LogP contribution in [0, 0.1) is 0 Å². The van der Waals surface area contributed by atoms with Crippen LogP contribution >= 0.6 is 11.8 Å². The van der Waals surface area contributed by atoms with Crippen LogP contribution in [0.15, 0.2) is 30.3 Å². The van der Waals surface area contributed by atoms with Gasteiger partial charge in [0.25, 0.3) is 0 Å². The van der Waals surface area contributed by atoms with Crippen LogP contribution in [0.4, 0.5) is 0 Å². The van der Waals surface area contributed by atoms with Crippen molar-refractivity contribution in [3.05, 3.63) is 35.9 Å². The second kappa shape index (κ2) is 6.07. The minimum Gasteiger partial charge on any atom is -0.465 e. The average Bonchev–Trinajstić information content (AvgIpc) is 3.06. The van der Waals surface area contributed by atoms with E-state index < -0.39 is 0 Å². The van der Waals surface area contributed by atoms with Gasteiger partial charge in [0, 0.05) is 12.3 Å². The lowest BCUT2D eigenvalue weighted by atomic mass is 10.2. The molecule has 3 nitrogen and oxygen atoms in total. The van der Waals surface area contributed by atoms with Crippen molar-refractivity contribution in [1.29, 1.82) is 0 Å². The van der Waals surface area contributed by atoms with Crippen molar-refractivity contribution >= 4 is 17.7 Å². The van der Waals surface area contributed by atoms with Gasteiger partial charge in [-0.05, 0) is 12.5 Å². The molecule has 0 aromatic heterocycles. The van der Waals surface area contributed by atoms with E-state index >= 15 is 0 Å². The predicted molar refractivity (Wildman–Crippen MR) is 69.7 cm³/mol. The molecule has 0 amide bonds. The Kier molecular flexibility index (Phi) is 4.45. The number of ether oxygens (including phenoxy) is 1. The number of carbonyl (C=O) groups is 1. The molecule has 2 atom stereocenters. The topological polar surface area (TPSA) is 29.3 Å². The number of rotatable bonds is 6. The first kappa shape index (κ1) is 12.5.